The summed E-state index contributed by atoms with van der Waals surface area (Å²) in [4.78, 5) is 20.3. The van der Waals surface area contributed by atoms with E-state index in [-0.39, 0.29) is 5.91 Å². The summed E-state index contributed by atoms with van der Waals surface area (Å²) in [5.74, 6) is -0.0661. The highest BCUT2D eigenvalue weighted by atomic mass is 16.5. The SMILES string of the molecule is Cc1cc(N2CCC(N3CCCC3C)C2)ccc1NC(=O)c1ccc(N2CCOCC2)cc1. The topological polar surface area (TPSA) is 48.0 Å². The van der Waals surface area contributed by atoms with Gasteiger partial charge in [-0.2, -0.15) is 0 Å². The molecule has 5 rings (SSSR count). The first kappa shape index (κ1) is 22.2. The van der Waals surface area contributed by atoms with E-state index in [1.165, 1.54) is 31.5 Å². The Hall–Kier alpha value is -2.57. The quantitative estimate of drug-likeness (QED) is 0.745. The van der Waals surface area contributed by atoms with E-state index in [0.717, 1.165) is 62.4 Å². The molecule has 0 aromatic heterocycles. The van der Waals surface area contributed by atoms with Gasteiger partial charge in [-0.25, -0.2) is 0 Å². The van der Waals surface area contributed by atoms with Crippen LogP contribution < -0.4 is 15.1 Å². The van der Waals surface area contributed by atoms with Crippen LogP contribution >= 0.6 is 0 Å². The third-order valence-corrected chi connectivity index (χ3v) is 7.57. The Labute approximate surface area is 197 Å². The number of benzene rings is 2. The van der Waals surface area contributed by atoms with E-state index in [1.54, 1.807) is 0 Å². The van der Waals surface area contributed by atoms with Crippen molar-refractivity contribution >= 4 is 23.0 Å². The minimum absolute atomic E-state index is 0.0661. The molecule has 0 aliphatic carbocycles. The summed E-state index contributed by atoms with van der Waals surface area (Å²) >= 11 is 0. The van der Waals surface area contributed by atoms with Crippen molar-refractivity contribution in [2.24, 2.45) is 0 Å². The van der Waals surface area contributed by atoms with E-state index < -0.39 is 0 Å². The molecular formula is C27H36N4O2. The molecule has 6 nitrogen and oxygen atoms in total. The van der Waals surface area contributed by atoms with E-state index in [1.807, 2.05) is 24.3 Å². The van der Waals surface area contributed by atoms with Crippen LogP contribution in [-0.4, -0.2) is 68.8 Å². The van der Waals surface area contributed by atoms with Crippen molar-refractivity contribution in [3.05, 3.63) is 53.6 Å². The fourth-order valence-corrected chi connectivity index (χ4v) is 5.57. The number of hydrogen-bond acceptors (Lipinski definition) is 5. The van der Waals surface area contributed by atoms with Gasteiger partial charge in [0, 0.05) is 60.9 Å². The van der Waals surface area contributed by atoms with Crippen molar-refractivity contribution in [2.75, 3.05) is 61.1 Å². The number of morpholine rings is 1. The monoisotopic (exact) mass is 448 g/mol. The molecule has 2 atom stereocenters. The van der Waals surface area contributed by atoms with Gasteiger partial charge in [0.25, 0.3) is 5.91 Å². The van der Waals surface area contributed by atoms with Crippen LogP contribution in [0.3, 0.4) is 0 Å². The third kappa shape index (κ3) is 4.87. The first-order valence-electron chi connectivity index (χ1n) is 12.4. The number of hydrogen-bond donors (Lipinski definition) is 1. The van der Waals surface area contributed by atoms with Crippen molar-refractivity contribution in [3.63, 3.8) is 0 Å². The van der Waals surface area contributed by atoms with Crippen molar-refractivity contribution in [2.45, 2.75) is 45.2 Å². The predicted octanol–water partition coefficient (Wildman–Crippen LogP) is 4.15. The van der Waals surface area contributed by atoms with Gasteiger partial charge in [0.05, 0.1) is 13.2 Å². The van der Waals surface area contributed by atoms with E-state index in [4.69, 9.17) is 4.74 Å². The van der Waals surface area contributed by atoms with Crippen LogP contribution in [0, 0.1) is 6.92 Å². The molecule has 3 aliphatic heterocycles. The van der Waals surface area contributed by atoms with E-state index in [0.29, 0.717) is 11.6 Å². The number of rotatable bonds is 5. The molecule has 3 saturated heterocycles. The first-order valence-corrected chi connectivity index (χ1v) is 12.4. The van der Waals surface area contributed by atoms with Crippen molar-refractivity contribution < 1.29 is 9.53 Å². The van der Waals surface area contributed by atoms with Crippen LogP contribution in [0.15, 0.2) is 42.5 Å². The van der Waals surface area contributed by atoms with E-state index >= 15 is 0 Å². The lowest BCUT2D eigenvalue weighted by molar-refractivity contribution is 0.102. The molecule has 2 unspecified atom stereocenters. The molecule has 3 aliphatic rings. The molecule has 1 amide bonds. The average Bonchev–Trinajstić information content (AvgIpc) is 3.50. The summed E-state index contributed by atoms with van der Waals surface area (Å²) in [6, 6.07) is 15.7. The van der Waals surface area contributed by atoms with Gasteiger partial charge in [0.15, 0.2) is 0 Å². The summed E-state index contributed by atoms with van der Waals surface area (Å²) in [6.45, 7) is 11.2. The molecule has 6 heteroatoms. The fourth-order valence-electron chi connectivity index (χ4n) is 5.57. The molecule has 2 aromatic carbocycles. The maximum absolute atomic E-state index is 12.9. The van der Waals surface area contributed by atoms with Crippen LogP contribution in [0.5, 0.6) is 0 Å². The second kappa shape index (κ2) is 9.74. The second-order valence-electron chi connectivity index (χ2n) is 9.72. The maximum Gasteiger partial charge on any atom is 0.255 e. The largest absolute Gasteiger partial charge is 0.378 e. The molecule has 0 radical (unpaired) electrons. The summed E-state index contributed by atoms with van der Waals surface area (Å²) in [5, 5.41) is 3.10. The Balaban J connectivity index is 1.20. The lowest BCUT2D eigenvalue weighted by atomic mass is 10.1. The van der Waals surface area contributed by atoms with Gasteiger partial charge < -0.3 is 19.9 Å². The number of nitrogens with one attached hydrogen (secondary N) is 1. The van der Waals surface area contributed by atoms with E-state index in [9.17, 15) is 4.79 Å². The molecular weight excluding hydrogens is 412 g/mol. The molecule has 33 heavy (non-hydrogen) atoms. The number of amides is 1. The normalized spacial score (nSPS) is 23.8. The molecule has 0 bridgehead atoms. The molecule has 0 spiro atoms. The van der Waals surface area contributed by atoms with Crippen LogP contribution in [0.4, 0.5) is 17.1 Å². The number of likely N-dealkylation sites (tertiary alicyclic amines) is 1. The van der Waals surface area contributed by atoms with Crippen LogP contribution in [0.2, 0.25) is 0 Å². The van der Waals surface area contributed by atoms with Gasteiger partial charge in [-0.3, -0.25) is 9.69 Å². The predicted molar refractivity (Wildman–Crippen MR) is 135 cm³/mol. The fraction of sp³-hybridized carbons (Fsp3) is 0.519. The molecule has 1 N–H and O–H groups in total. The smallest absolute Gasteiger partial charge is 0.255 e. The van der Waals surface area contributed by atoms with Gasteiger partial charge in [0.2, 0.25) is 0 Å². The lowest BCUT2D eigenvalue weighted by Gasteiger charge is -2.29. The minimum Gasteiger partial charge on any atom is -0.378 e. The van der Waals surface area contributed by atoms with E-state index in [2.05, 4.69) is 52.1 Å². The zero-order valence-corrected chi connectivity index (χ0v) is 19.9. The average molecular weight is 449 g/mol. The van der Waals surface area contributed by atoms with Gasteiger partial charge in [-0.1, -0.05) is 0 Å². The van der Waals surface area contributed by atoms with Crippen LogP contribution in [-0.2, 0) is 4.74 Å². The Morgan fingerprint density at radius 1 is 0.939 bits per heavy atom. The Kier molecular flexibility index (Phi) is 6.56. The van der Waals surface area contributed by atoms with Crippen molar-refractivity contribution in [3.8, 4) is 0 Å². The molecule has 2 aromatic rings. The van der Waals surface area contributed by atoms with Gasteiger partial charge >= 0.3 is 0 Å². The highest BCUT2D eigenvalue weighted by molar-refractivity contribution is 6.04. The Bertz CT molecular complexity index is 971. The first-order chi connectivity index (χ1) is 16.1. The molecule has 3 fully saturated rings. The number of carbonyl (C=O) groups excluding carboxylic acids is 1. The number of nitrogens with zero attached hydrogens (tertiary/aromatic N) is 3. The third-order valence-electron chi connectivity index (χ3n) is 7.57. The zero-order valence-electron chi connectivity index (χ0n) is 19.9. The summed E-state index contributed by atoms with van der Waals surface area (Å²) in [7, 11) is 0. The number of ether oxygens (including phenoxy) is 1. The minimum atomic E-state index is -0.0661. The Morgan fingerprint density at radius 3 is 2.39 bits per heavy atom. The number of carbonyl (C=O) groups is 1. The number of anilines is 3. The van der Waals surface area contributed by atoms with Crippen molar-refractivity contribution in [1.29, 1.82) is 0 Å². The lowest BCUT2D eigenvalue weighted by Crippen LogP contribution is -2.39. The second-order valence-corrected chi connectivity index (χ2v) is 9.72. The van der Waals surface area contributed by atoms with Gasteiger partial charge in [-0.15, -0.1) is 0 Å². The maximum atomic E-state index is 12.9. The summed E-state index contributed by atoms with van der Waals surface area (Å²) in [6.07, 6.45) is 3.91. The summed E-state index contributed by atoms with van der Waals surface area (Å²) in [5.41, 5.74) is 5.06. The Morgan fingerprint density at radius 2 is 1.70 bits per heavy atom. The zero-order chi connectivity index (χ0) is 22.8. The highest BCUT2D eigenvalue weighted by Gasteiger charge is 2.33. The van der Waals surface area contributed by atoms with Crippen LogP contribution in [0.25, 0.3) is 0 Å². The molecule has 176 valence electrons. The van der Waals surface area contributed by atoms with Gasteiger partial charge in [-0.05, 0) is 87.7 Å². The molecule has 0 saturated carbocycles. The standard InChI is InChI=1S/C27H36N4O2/c1-20-18-24(30-13-11-25(19-30)31-12-3-4-21(31)2)9-10-26(20)28-27(32)22-5-7-23(8-6-22)29-14-16-33-17-15-29/h5-10,18,21,25H,3-4,11-17,19H2,1-2H3,(H,28,32). The highest BCUT2D eigenvalue weighted by Crippen LogP contribution is 2.30. The summed E-state index contributed by atoms with van der Waals surface area (Å²) < 4.78 is 5.42. The van der Waals surface area contributed by atoms with Crippen molar-refractivity contribution in [1.82, 2.24) is 4.90 Å². The molecule has 3 heterocycles. The van der Waals surface area contributed by atoms with Gasteiger partial charge in [0.1, 0.15) is 0 Å². The number of aryl methyl sites for hydroxylation is 1. The van der Waals surface area contributed by atoms with Crippen LogP contribution in [0.1, 0.15) is 42.1 Å².